The van der Waals surface area contributed by atoms with Crippen molar-refractivity contribution in [3.05, 3.63) is 50.5 Å². The Morgan fingerprint density at radius 1 is 1.22 bits per heavy atom. The number of carbonyl (C=O) groups excluding carboxylic acids is 3. The summed E-state index contributed by atoms with van der Waals surface area (Å²) in [6.07, 6.45) is 1.30. The van der Waals surface area contributed by atoms with Crippen LogP contribution in [-0.4, -0.2) is 125 Å². The van der Waals surface area contributed by atoms with Gasteiger partial charge in [-0.2, -0.15) is 4.73 Å². The average molecular weight is 749 g/mol. The van der Waals surface area contributed by atoms with Crippen molar-refractivity contribution in [2.75, 3.05) is 44.2 Å². The molecular weight excluding hydrogens is 711 g/mol. The number of hydrogen-bond acceptors (Lipinski definition) is 14. The smallest absolute Gasteiger partial charge is 0.352 e. The van der Waals surface area contributed by atoms with Crippen molar-refractivity contribution in [3.63, 3.8) is 0 Å². The fourth-order valence-corrected chi connectivity index (χ4v) is 8.45. The molecule has 3 aliphatic heterocycles. The van der Waals surface area contributed by atoms with E-state index in [4.69, 9.17) is 15.7 Å². The molecule has 0 bridgehead atoms. The minimum absolute atomic E-state index is 0.116. The van der Waals surface area contributed by atoms with Gasteiger partial charge in [-0.3, -0.25) is 28.9 Å². The summed E-state index contributed by atoms with van der Waals surface area (Å²) >= 11 is 2.41. The average Bonchev–Trinajstić information content (AvgIpc) is 3.73. The van der Waals surface area contributed by atoms with Crippen LogP contribution in [0, 0.1) is 5.92 Å². The molecule has 2 amide bonds. The van der Waals surface area contributed by atoms with E-state index in [1.54, 1.807) is 6.92 Å². The number of amides is 2. The summed E-state index contributed by atoms with van der Waals surface area (Å²) in [5, 5.41) is 46.5. The zero-order valence-electron chi connectivity index (χ0n) is 27.5. The van der Waals surface area contributed by atoms with E-state index in [-0.39, 0.29) is 53.1 Å². The number of carbonyl (C=O) groups is 5. The van der Waals surface area contributed by atoms with Crippen molar-refractivity contribution in [2.24, 2.45) is 11.1 Å². The molecule has 3 aliphatic rings. The lowest BCUT2D eigenvalue weighted by Gasteiger charge is -2.50. The molecule has 2 aromatic heterocycles. The van der Waals surface area contributed by atoms with Crippen LogP contribution in [0.1, 0.15) is 55.2 Å². The second-order valence-corrected chi connectivity index (χ2v) is 14.5. The molecule has 3 atom stereocenters. The molecular formula is C31H38N7O11S2+. The number of oxime groups is 1. The number of rotatable bonds is 16. The Morgan fingerprint density at radius 3 is 2.57 bits per heavy atom. The number of pyridine rings is 1. The molecule has 5 heterocycles. The van der Waals surface area contributed by atoms with Gasteiger partial charge in [-0.05, 0) is 6.42 Å². The first kappa shape index (κ1) is 37.3. The minimum atomic E-state index is -1.27. The van der Waals surface area contributed by atoms with Crippen LogP contribution in [0.25, 0.3) is 0 Å². The summed E-state index contributed by atoms with van der Waals surface area (Å²) < 4.78 is 0.803. The van der Waals surface area contributed by atoms with Gasteiger partial charge in [0.05, 0.1) is 50.1 Å². The van der Waals surface area contributed by atoms with Crippen LogP contribution in [0.4, 0.5) is 5.13 Å². The maximum atomic E-state index is 13.6. The first-order chi connectivity index (χ1) is 24.2. The molecule has 0 saturated carbocycles. The van der Waals surface area contributed by atoms with E-state index in [1.807, 2.05) is 0 Å². The second kappa shape index (κ2) is 15.5. The Hall–Kier alpha value is -4.95. The number of Topliss-reactive ketones (excluding diaryl/α,β-unsaturated/α-hetero) is 1. The molecule has 20 heteroatoms. The first-order valence-corrected chi connectivity index (χ1v) is 18.0. The van der Waals surface area contributed by atoms with Crippen LogP contribution in [0.2, 0.25) is 0 Å². The maximum Gasteiger partial charge on any atom is 0.352 e. The Balaban J connectivity index is 1.29. The summed E-state index contributed by atoms with van der Waals surface area (Å²) in [5.41, 5.74) is 4.91. The topological polar surface area (TPSA) is 264 Å². The van der Waals surface area contributed by atoms with Gasteiger partial charge in [-0.1, -0.05) is 12.1 Å². The van der Waals surface area contributed by atoms with E-state index in [2.05, 4.69) is 15.5 Å². The number of fused-ring (bicyclic) bond motifs is 1. The van der Waals surface area contributed by atoms with Crippen LogP contribution in [0.15, 0.2) is 38.9 Å². The summed E-state index contributed by atoms with van der Waals surface area (Å²) in [5.74, 6) is -5.51. The van der Waals surface area contributed by atoms with Crippen molar-refractivity contribution in [2.45, 2.75) is 50.5 Å². The number of nitrogens with zero attached hydrogens (tertiary/aromatic N) is 5. The highest BCUT2D eigenvalue weighted by atomic mass is 32.2. The zero-order valence-corrected chi connectivity index (χ0v) is 29.2. The molecule has 2 saturated heterocycles. The number of aromatic nitrogens is 2. The van der Waals surface area contributed by atoms with E-state index in [0.717, 1.165) is 36.4 Å². The molecule has 0 spiro atoms. The van der Waals surface area contributed by atoms with Crippen molar-refractivity contribution < 1.29 is 53.8 Å². The lowest BCUT2D eigenvalue weighted by atomic mass is 9.89. The molecule has 0 aliphatic carbocycles. The molecule has 2 aromatic rings. The van der Waals surface area contributed by atoms with Crippen molar-refractivity contribution in [1.29, 1.82) is 0 Å². The summed E-state index contributed by atoms with van der Waals surface area (Å²) in [6, 6.07) is 0.815. The number of aromatic hydroxyl groups is 1. The van der Waals surface area contributed by atoms with Gasteiger partial charge in [0.1, 0.15) is 29.7 Å². The largest absolute Gasteiger partial charge is 0.503 e. The molecule has 18 nitrogen and oxygen atoms in total. The number of carboxylic acids is 2. The van der Waals surface area contributed by atoms with E-state index < -0.39 is 58.1 Å². The molecule has 7 N–H and O–H groups in total. The lowest BCUT2D eigenvalue weighted by Crippen LogP contribution is -2.63. The van der Waals surface area contributed by atoms with Crippen LogP contribution in [0.3, 0.4) is 0 Å². The number of anilines is 1. The third-order valence-electron chi connectivity index (χ3n) is 9.10. The molecule has 274 valence electrons. The number of nitrogen functional groups attached to an aromatic ring is 1. The lowest BCUT2D eigenvalue weighted by molar-refractivity contribution is -0.911. The van der Waals surface area contributed by atoms with Crippen LogP contribution >= 0.6 is 23.1 Å². The van der Waals surface area contributed by atoms with Gasteiger partial charge in [0, 0.05) is 42.0 Å². The molecule has 0 radical (unpaired) electrons. The van der Waals surface area contributed by atoms with Gasteiger partial charge in [0.15, 0.2) is 22.4 Å². The number of thioether (sulfide) groups is 1. The maximum absolute atomic E-state index is 13.6. The minimum Gasteiger partial charge on any atom is -0.503 e. The highest BCUT2D eigenvalue weighted by Crippen LogP contribution is 2.46. The van der Waals surface area contributed by atoms with Gasteiger partial charge in [0.25, 0.3) is 5.91 Å². The number of quaternary nitrogens is 1. The Kier molecular flexibility index (Phi) is 11.4. The number of likely N-dealkylation sites (tertiary alicyclic amines) is 1. The molecule has 5 rings (SSSR count). The third-order valence-corrected chi connectivity index (χ3v) is 11.2. The highest BCUT2D eigenvalue weighted by Gasteiger charge is 2.55. The monoisotopic (exact) mass is 748 g/mol. The summed E-state index contributed by atoms with van der Waals surface area (Å²) in [6.45, 7) is 3.96. The number of ketones is 1. The van der Waals surface area contributed by atoms with Gasteiger partial charge in [-0.15, -0.1) is 23.1 Å². The van der Waals surface area contributed by atoms with Gasteiger partial charge < -0.3 is 40.9 Å². The predicted octanol–water partition coefficient (Wildman–Crippen LogP) is 0.674. The number of carboxylic acid groups (broad SMARTS) is 2. The fraction of sp³-hybridized carbons (Fsp3) is 0.484. The van der Waals surface area contributed by atoms with Crippen LogP contribution in [0.5, 0.6) is 5.75 Å². The normalized spacial score (nSPS) is 20.4. The molecule has 0 aromatic carbocycles. The molecule has 0 unspecified atom stereocenters. The Morgan fingerprint density at radius 2 is 1.94 bits per heavy atom. The van der Waals surface area contributed by atoms with Crippen molar-refractivity contribution in [1.82, 2.24) is 19.9 Å². The molecule has 51 heavy (non-hydrogen) atoms. The Bertz CT molecular complexity index is 1850. The summed E-state index contributed by atoms with van der Waals surface area (Å²) in [4.78, 5) is 86.1. The van der Waals surface area contributed by atoms with E-state index in [0.29, 0.717) is 47.4 Å². The van der Waals surface area contributed by atoms with E-state index in [1.165, 1.54) is 22.0 Å². The molecule has 2 fully saturated rings. The van der Waals surface area contributed by atoms with E-state index in [9.17, 15) is 44.2 Å². The number of aliphatic carboxylic acids is 2. The quantitative estimate of drug-likeness (QED) is 0.0453. The predicted molar refractivity (Wildman–Crippen MR) is 182 cm³/mol. The SMILES string of the molecule is CC[C@@H](CC(=O)O)O/N=C(\C(=O)C[C@@H]1C(=O)N2C(C(=O)O)=C(C[N+]3(CCNC(=O)c4cc(=O)c(O)cn4O)CCCC3)CS[C@H]12)c1csc(N)n1. The van der Waals surface area contributed by atoms with E-state index >= 15 is 0 Å². The zero-order chi connectivity index (χ0) is 37.0. The second-order valence-electron chi connectivity index (χ2n) is 12.5. The van der Waals surface area contributed by atoms with Crippen LogP contribution < -0.4 is 16.5 Å². The number of nitrogens with one attached hydrogen (secondary N) is 1. The van der Waals surface area contributed by atoms with Crippen molar-refractivity contribution in [3.8, 4) is 5.75 Å². The number of nitrogens with two attached hydrogens (primary N) is 1. The third kappa shape index (κ3) is 8.18. The van der Waals surface area contributed by atoms with Gasteiger partial charge in [-0.25, -0.2) is 9.78 Å². The van der Waals surface area contributed by atoms with Gasteiger partial charge in [0.2, 0.25) is 11.3 Å². The van der Waals surface area contributed by atoms with Crippen molar-refractivity contribution >= 4 is 63.5 Å². The highest BCUT2D eigenvalue weighted by molar-refractivity contribution is 8.00. The number of thiazole rings is 1. The standard InChI is InChI=1S/C31H37N7O11S2/c1-2-17(9-24(42)43)49-35-25(19-15-51-31(32)34-19)22(40)10-18-28(45)37-26(30(46)47)16(14-50-29(18)37)13-38(6-3-4-7-38)8-5-33-27(44)20-11-21(39)23(41)12-36(20)48/h11-12,15,17-18,29,48H,2-10,13-14H2,1H3,(H5-,32,33,34,41,42,43,44,46,47)/p+1/b35-25-/t17-,18+,29+/m0/s1. The van der Waals surface area contributed by atoms with Crippen LogP contribution in [-0.2, 0) is 24.0 Å². The fourth-order valence-electron chi connectivity index (χ4n) is 6.50. The Labute approximate surface area is 298 Å². The van der Waals surface area contributed by atoms with Gasteiger partial charge >= 0.3 is 11.9 Å². The summed E-state index contributed by atoms with van der Waals surface area (Å²) in [7, 11) is 0. The first-order valence-electron chi connectivity index (χ1n) is 16.1. The number of hydrogen-bond donors (Lipinski definition) is 6. The number of β-lactam (4-membered cyclic amide) rings is 1.